The Labute approximate surface area is 185 Å². The highest BCUT2D eigenvalue weighted by atomic mass is 32.2. The molecule has 8 heteroatoms. The van der Waals surface area contributed by atoms with Gasteiger partial charge in [0.05, 0.1) is 21.9 Å². The van der Waals surface area contributed by atoms with E-state index in [2.05, 4.69) is 10.4 Å². The number of carbonyl (C=O) groups excluding carboxylic acids is 1. The number of amides is 1. The van der Waals surface area contributed by atoms with Crippen LogP contribution in [0.4, 0.5) is 10.1 Å². The molecule has 0 aliphatic heterocycles. The molecule has 4 aromatic rings. The fourth-order valence-corrected chi connectivity index (χ4v) is 4.10. The Kier molecular flexibility index (Phi) is 5.87. The van der Waals surface area contributed by atoms with E-state index in [4.69, 9.17) is 0 Å². The summed E-state index contributed by atoms with van der Waals surface area (Å²) in [7, 11) is -3.35. The van der Waals surface area contributed by atoms with E-state index in [1.807, 2.05) is 30.3 Å². The maximum absolute atomic E-state index is 13.5. The molecule has 0 fully saturated rings. The summed E-state index contributed by atoms with van der Waals surface area (Å²) in [6.45, 7) is 1.58. The van der Waals surface area contributed by atoms with Crippen molar-refractivity contribution in [3.8, 4) is 16.9 Å². The molecule has 0 aliphatic carbocycles. The van der Waals surface area contributed by atoms with E-state index in [-0.39, 0.29) is 16.2 Å². The third-order valence-electron chi connectivity index (χ3n) is 4.93. The van der Waals surface area contributed by atoms with Gasteiger partial charge in [-0.05, 0) is 42.5 Å². The van der Waals surface area contributed by atoms with E-state index in [9.17, 15) is 17.6 Å². The smallest absolute Gasteiger partial charge is 0.259 e. The van der Waals surface area contributed by atoms with Gasteiger partial charge in [0.15, 0.2) is 9.84 Å². The Hall–Kier alpha value is -3.78. The Morgan fingerprint density at radius 1 is 1.00 bits per heavy atom. The molecule has 1 aromatic heterocycles. The van der Waals surface area contributed by atoms with Crippen molar-refractivity contribution in [2.75, 3.05) is 11.1 Å². The molecular weight excluding hydrogens is 429 g/mol. The summed E-state index contributed by atoms with van der Waals surface area (Å²) in [5.41, 5.74) is 2.30. The second-order valence-electron chi connectivity index (χ2n) is 7.06. The van der Waals surface area contributed by atoms with Gasteiger partial charge in [-0.25, -0.2) is 17.5 Å². The summed E-state index contributed by atoms with van der Waals surface area (Å²) >= 11 is 0. The van der Waals surface area contributed by atoms with Crippen molar-refractivity contribution in [1.82, 2.24) is 9.78 Å². The third kappa shape index (κ3) is 4.45. The largest absolute Gasteiger partial charge is 0.322 e. The first-order chi connectivity index (χ1) is 15.4. The van der Waals surface area contributed by atoms with Crippen LogP contribution in [0.5, 0.6) is 0 Å². The summed E-state index contributed by atoms with van der Waals surface area (Å²) in [6.07, 6.45) is 1.59. The molecule has 0 bridgehead atoms. The SMILES string of the molecule is CCS(=O)(=O)c1ccc(-c2nn(-c3ccccc3)cc2C(=O)Nc2cccc(F)c2)cc1. The topological polar surface area (TPSA) is 81.1 Å². The lowest BCUT2D eigenvalue weighted by atomic mass is 10.1. The van der Waals surface area contributed by atoms with Crippen molar-refractivity contribution in [1.29, 1.82) is 0 Å². The number of para-hydroxylation sites is 1. The zero-order valence-corrected chi connectivity index (χ0v) is 18.0. The maximum Gasteiger partial charge on any atom is 0.259 e. The molecule has 1 heterocycles. The van der Waals surface area contributed by atoms with Crippen molar-refractivity contribution < 1.29 is 17.6 Å². The first-order valence-electron chi connectivity index (χ1n) is 9.92. The van der Waals surface area contributed by atoms with Gasteiger partial charge in [-0.1, -0.05) is 43.3 Å². The van der Waals surface area contributed by atoms with Crippen LogP contribution < -0.4 is 5.32 Å². The van der Waals surface area contributed by atoms with Gasteiger partial charge in [-0.15, -0.1) is 0 Å². The van der Waals surface area contributed by atoms with Gasteiger partial charge in [-0.2, -0.15) is 5.10 Å². The van der Waals surface area contributed by atoms with Crippen molar-refractivity contribution in [2.24, 2.45) is 0 Å². The van der Waals surface area contributed by atoms with E-state index in [1.165, 1.54) is 30.3 Å². The van der Waals surface area contributed by atoms with Gasteiger partial charge in [0.25, 0.3) is 5.91 Å². The van der Waals surface area contributed by atoms with E-state index in [0.717, 1.165) is 5.69 Å². The van der Waals surface area contributed by atoms with Gasteiger partial charge in [0.2, 0.25) is 0 Å². The lowest BCUT2D eigenvalue weighted by molar-refractivity contribution is 0.102. The number of anilines is 1. The van der Waals surface area contributed by atoms with Crippen LogP contribution in [-0.4, -0.2) is 29.9 Å². The molecule has 0 saturated heterocycles. The Morgan fingerprint density at radius 2 is 1.72 bits per heavy atom. The second-order valence-corrected chi connectivity index (χ2v) is 9.34. The van der Waals surface area contributed by atoms with E-state index in [1.54, 1.807) is 36.0 Å². The average molecular weight is 450 g/mol. The van der Waals surface area contributed by atoms with Crippen LogP contribution in [0.2, 0.25) is 0 Å². The molecule has 4 rings (SSSR count). The molecule has 0 aliphatic rings. The molecular formula is C24H20FN3O3S. The minimum Gasteiger partial charge on any atom is -0.322 e. The van der Waals surface area contributed by atoms with Crippen LogP contribution in [0.25, 0.3) is 16.9 Å². The molecule has 6 nitrogen and oxygen atoms in total. The first kappa shape index (κ1) is 21.5. The van der Waals surface area contributed by atoms with Crippen molar-refractivity contribution in [3.63, 3.8) is 0 Å². The number of nitrogens with zero attached hydrogens (tertiary/aromatic N) is 2. The van der Waals surface area contributed by atoms with Crippen LogP contribution in [0.1, 0.15) is 17.3 Å². The minimum atomic E-state index is -3.35. The Morgan fingerprint density at radius 3 is 2.38 bits per heavy atom. The Balaban J connectivity index is 1.76. The van der Waals surface area contributed by atoms with Gasteiger partial charge >= 0.3 is 0 Å². The predicted octanol–water partition coefficient (Wildman–Crippen LogP) is 4.72. The number of halogens is 1. The van der Waals surface area contributed by atoms with E-state index in [0.29, 0.717) is 16.9 Å². The Bertz CT molecular complexity index is 1370. The quantitative estimate of drug-likeness (QED) is 0.462. The first-order valence-corrected chi connectivity index (χ1v) is 11.6. The highest BCUT2D eigenvalue weighted by Gasteiger charge is 2.20. The molecule has 32 heavy (non-hydrogen) atoms. The molecule has 0 spiro atoms. The van der Waals surface area contributed by atoms with Gasteiger partial charge < -0.3 is 5.32 Å². The number of aromatic nitrogens is 2. The predicted molar refractivity (Wildman–Crippen MR) is 121 cm³/mol. The standard InChI is InChI=1S/C24H20FN3O3S/c1-2-32(30,31)21-13-11-17(12-14-21)23-22(16-28(27-23)20-9-4-3-5-10-20)24(29)26-19-8-6-7-18(25)15-19/h3-16H,2H2,1H3,(H,26,29). The maximum atomic E-state index is 13.5. The summed E-state index contributed by atoms with van der Waals surface area (Å²) in [4.78, 5) is 13.3. The number of hydrogen-bond acceptors (Lipinski definition) is 4. The fraction of sp³-hybridized carbons (Fsp3) is 0.0833. The number of benzene rings is 3. The second kappa shape index (κ2) is 8.76. The number of nitrogens with one attached hydrogen (secondary N) is 1. The summed E-state index contributed by atoms with van der Waals surface area (Å²) in [5.74, 6) is -0.926. The summed E-state index contributed by atoms with van der Waals surface area (Å²) < 4.78 is 39.4. The van der Waals surface area contributed by atoms with Gasteiger partial charge in [-0.3, -0.25) is 4.79 Å². The number of carbonyl (C=O) groups is 1. The van der Waals surface area contributed by atoms with Crippen molar-refractivity contribution in [2.45, 2.75) is 11.8 Å². The minimum absolute atomic E-state index is 0.00370. The molecule has 1 amide bonds. The number of sulfone groups is 1. The highest BCUT2D eigenvalue weighted by Crippen LogP contribution is 2.26. The molecule has 3 aromatic carbocycles. The molecule has 0 radical (unpaired) electrons. The zero-order valence-electron chi connectivity index (χ0n) is 17.2. The average Bonchev–Trinajstić information content (AvgIpc) is 3.25. The summed E-state index contributed by atoms with van der Waals surface area (Å²) in [5, 5.41) is 7.27. The molecule has 0 saturated carbocycles. The molecule has 1 N–H and O–H groups in total. The fourth-order valence-electron chi connectivity index (χ4n) is 3.22. The van der Waals surface area contributed by atoms with Crippen LogP contribution >= 0.6 is 0 Å². The van der Waals surface area contributed by atoms with Crippen LogP contribution in [0.15, 0.2) is 90.0 Å². The van der Waals surface area contributed by atoms with Gasteiger partial charge in [0, 0.05) is 17.4 Å². The van der Waals surface area contributed by atoms with Crippen molar-refractivity contribution >= 4 is 21.4 Å². The van der Waals surface area contributed by atoms with Crippen LogP contribution in [0, 0.1) is 5.82 Å². The zero-order chi connectivity index (χ0) is 22.7. The molecule has 0 unspecified atom stereocenters. The monoisotopic (exact) mass is 449 g/mol. The normalized spacial score (nSPS) is 11.3. The lowest BCUT2D eigenvalue weighted by Gasteiger charge is -2.06. The molecule has 0 atom stereocenters. The highest BCUT2D eigenvalue weighted by molar-refractivity contribution is 7.91. The van der Waals surface area contributed by atoms with E-state index >= 15 is 0 Å². The van der Waals surface area contributed by atoms with Crippen LogP contribution in [-0.2, 0) is 9.84 Å². The van der Waals surface area contributed by atoms with Crippen LogP contribution in [0.3, 0.4) is 0 Å². The van der Waals surface area contributed by atoms with E-state index < -0.39 is 21.6 Å². The number of hydrogen-bond donors (Lipinski definition) is 1. The molecule has 162 valence electrons. The van der Waals surface area contributed by atoms with Gasteiger partial charge in [0.1, 0.15) is 11.5 Å². The summed E-state index contributed by atoms with van der Waals surface area (Å²) in [6, 6.07) is 21.2. The third-order valence-corrected chi connectivity index (χ3v) is 6.68. The van der Waals surface area contributed by atoms with Crippen molar-refractivity contribution in [3.05, 3.63) is 96.4 Å². The number of rotatable bonds is 6. The lowest BCUT2D eigenvalue weighted by Crippen LogP contribution is -2.12.